The molecule has 0 spiro atoms. The van der Waals surface area contributed by atoms with Gasteiger partial charge >= 0.3 is 0 Å². The highest BCUT2D eigenvalue weighted by molar-refractivity contribution is 5.84. The minimum Gasteiger partial charge on any atom is -0.388 e. The standard InChI is InChI=1S/C15H17NO4/c1-8-4-3-5-10-6-7-16(14(19)11(8)10)15-13(18)12(17)9(2)20-15/h3-7,9,12-13,15,17-18H,1-2H3. The van der Waals surface area contributed by atoms with Gasteiger partial charge in [0, 0.05) is 6.20 Å². The van der Waals surface area contributed by atoms with E-state index in [1.165, 1.54) is 4.57 Å². The molecule has 20 heavy (non-hydrogen) atoms. The maximum atomic E-state index is 12.6. The largest absolute Gasteiger partial charge is 0.388 e. The lowest BCUT2D eigenvalue weighted by Gasteiger charge is -2.18. The number of rotatable bonds is 1. The van der Waals surface area contributed by atoms with Crippen LogP contribution in [0.1, 0.15) is 18.7 Å². The fourth-order valence-corrected chi connectivity index (χ4v) is 2.74. The Morgan fingerprint density at radius 1 is 1.20 bits per heavy atom. The van der Waals surface area contributed by atoms with Crippen LogP contribution in [-0.4, -0.2) is 33.1 Å². The number of nitrogens with zero attached hydrogens (tertiary/aromatic N) is 1. The van der Waals surface area contributed by atoms with E-state index in [1.54, 1.807) is 13.1 Å². The van der Waals surface area contributed by atoms with E-state index in [1.807, 2.05) is 31.2 Å². The van der Waals surface area contributed by atoms with E-state index in [2.05, 4.69) is 0 Å². The molecule has 0 saturated carbocycles. The summed E-state index contributed by atoms with van der Waals surface area (Å²) in [5.41, 5.74) is 0.661. The lowest BCUT2D eigenvalue weighted by atomic mass is 10.1. The van der Waals surface area contributed by atoms with E-state index in [0.29, 0.717) is 5.39 Å². The van der Waals surface area contributed by atoms with Crippen molar-refractivity contribution in [3.8, 4) is 0 Å². The molecule has 0 bridgehead atoms. The maximum Gasteiger partial charge on any atom is 0.260 e. The molecular weight excluding hydrogens is 258 g/mol. The Labute approximate surface area is 116 Å². The molecule has 1 saturated heterocycles. The number of aryl methyl sites for hydroxylation is 1. The van der Waals surface area contributed by atoms with Crippen LogP contribution in [0.3, 0.4) is 0 Å². The number of hydrogen-bond acceptors (Lipinski definition) is 4. The Balaban J connectivity index is 2.17. The van der Waals surface area contributed by atoms with Gasteiger partial charge in [-0.1, -0.05) is 18.2 Å². The maximum absolute atomic E-state index is 12.6. The van der Waals surface area contributed by atoms with Crippen molar-refractivity contribution in [2.45, 2.75) is 38.4 Å². The highest BCUT2D eigenvalue weighted by atomic mass is 16.6. The third kappa shape index (κ3) is 1.86. The van der Waals surface area contributed by atoms with Gasteiger partial charge in [0.2, 0.25) is 0 Å². The van der Waals surface area contributed by atoms with E-state index >= 15 is 0 Å². The number of aromatic nitrogens is 1. The Hall–Kier alpha value is -1.69. The van der Waals surface area contributed by atoms with Crippen LogP contribution in [0.15, 0.2) is 35.3 Å². The second-order valence-electron chi connectivity index (χ2n) is 5.28. The second kappa shape index (κ2) is 4.70. The van der Waals surface area contributed by atoms with Crippen LogP contribution >= 0.6 is 0 Å². The molecule has 2 aromatic rings. The summed E-state index contributed by atoms with van der Waals surface area (Å²) >= 11 is 0. The van der Waals surface area contributed by atoms with Crippen LogP contribution in [-0.2, 0) is 4.74 Å². The number of ether oxygens (including phenoxy) is 1. The number of aliphatic hydroxyl groups excluding tert-OH is 2. The van der Waals surface area contributed by atoms with E-state index in [4.69, 9.17) is 4.74 Å². The van der Waals surface area contributed by atoms with Crippen LogP contribution in [0.25, 0.3) is 10.8 Å². The predicted octanol–water partition coefficient (Wildman–Crippen LogP) is 0.949. The molecule has 0 aliphatic carbocycles. The van der Waals surface area contributed by atoms with Crippen molar-refractivity contribution < 1.29 is 14.9 Å². The molecule has 1 fully saturated rings. The van der Waals surface area contributed by atoms with Crippen molar-refractivity contribution in [2.75, 3.05) is 0 Å². The van der Waals surface area contributed by atoms with Crippen LogP contribution < -0.4 is 5.56 Å². The summed E-state index contributed by atoms with van der Waals surface area (Å²) in [5, 5.41) is 21.2. The van der Waals surface area contributed by atoms with Gasteiger partial charge in [-0.25, -0.2) is 0 Å². The van der Waals surface area contributed by atoms with Crippen molar-refractivity contribution in [1.82, 2.24) is 4.57 Å². The lowest BCUT2D eigenvalue weighted by molar-refractivity contribution is -0.0339. The lowest BCUT2D eigenvalue weighted by Crippen LogP contribution is -2.34. The molecule has 4 atom stereocenters. The molecule has 5 nitrogen and oxygen atoms in total. The zero-order valence-electron chi connectivity index (χ0n) is 11.4. The predicted molar refractivity (Wildman–Crippen MR) is 74.5 cm³/mol. The zero-order chi connectivity index (χ0) is 14.4. The first kappa shape index (κ1) is 13.3. The molecule has 1 aliphatic rings. The first-order chi connectivity index (χ1) is 9.50. The fraction of sp³-hybridized carbons (Fsp3) is 0.400. The number of hydrogen-bond donors (Lipinski definition) is 2. The SMILES string of the molecule is Cc1cccc2ccn(C3OC(C)C(O)C3O)c(=O)c12. The molecular formula is C15H17NO4. The first-order valence-corrected chi connectivity index (χ1v) is 6.63. The van der Waals surface area contributed by atoms with Crippen molar-refractivity contribution >= 4 is 10.8 Å². The summed E-state index contributed by atoms with van der Waals surface area (Å²) in [6, 6.07) is 7.46. The van der Waals surface area contributed by atoms with Gasteiger partial charge in [0.25, 0.3) is 5.56 Å². The van der Waals surface area contributed by atoms with Gasteiger partial charge in [0.15, 0.2) is 6.23 Å². The molecule has 5 heteroatoms. The summed E-state index contributed by atoms with van der Waals surface area (Å²) in [4.78, 5) is 12.6. The van der Waals surface area contributed by atoms with Crippen molar-refractivity contribution in [2.24, 2.45) is 0 Å². The van der Waals surface area contributed by atoms with Crippen LogP contribution in [0.4, 0.5) is 0 Å². The van der Waals surface area contributed by atoms with E-state index in [0.717, 1.165) is 10.9 Å². The topological polar surface area (TPSA) is 71.7 Å². The Kier molecular flexibility index (Phi) is 3.12. The second-order valence-corrected chi connectivity index (χ2v) is 5.28. The molecule has 0 radical (unpaired) electrons. The molecule has 3 rings (SSSR count). The molecule has 106 valence electrons. The molecule has 1 aromatic carbocycles. The highest BCUT2D eigenvalue weighted by Crippen LogP contribution is 2.28. The van der Waals surface area contributed by atoms with E-state index in [9.17, 15) is 15.0 Å². The molecule has 1 aromatic heterocycles. The monoisotopic (exact) mass is 275 g/mol. The highest BCUT2D eigenvalue weighted by Gasteiger charge is 2.41. The average Bonchev–Trinajstić information content (AvgIpc) is 2.67. The number of benzene rings is 1. The first-order valence-electron chi connectivity index (χ1n) is 6.63. The Bertz CT molecular complexity index is 709. The van der Waals surface area contributed by atoms with Crippen molar-refractivity contribution in [1.29, 1.82) is 0 Å². The van der Waals surface area contributed by atoms with Gasteiger partial charge in [0.1, 0.15) is 12.2 Å². The molecule has 4 unspecified atom stereocenters. The molecule has 2 heterocycles. The Morgan fingerprint density at radius 3 is 2.60 bits per heavy atom. The summed E-state index contributed by atoms with van der Waals surface area (Å²) in [7, 11) is 0. The summed E-state index contributed by atoms with van der Waals surface area (Å²) in [6.07, 6.45) is -1.85. The van der Waals surface area contributed by atoms with Gasteiger partial charge in [-0.3, -0.25) is 9.36 Å². The van der Waals surface area contributed by atoms with Crippen molar-refractivity contribution in [3.63, 3.8) is 0 Å². The van der Waals surface area contributed by atoms with Gasteiger partial charge in [0.05, 0.1) is 11.5 Å². The van der Waals surface area contributed by atoms with Crippen molar-refractivity contribution in [3.05, 3.63) is 46.4 Å². The van der Waals surface area contributed by atoms with E-state index in [-0.39, 0.29) is 5.56 Å². The van der Waals surface area contributed by atoms with Gasteiger partial charge < -0.3 is 14.9 Å². The number of pyridine rings is 1. The summed E-state index contributed by atoms with van der Waals surface area (Å²) < 4.78 is 6.86. The third-order valence-corrected chi connectivity index (χ3v) is 3.92. The third-order valence-electron chi connectivity index (χ3n) is 3.92. The Morgan fingerprint density at radius 2 is 1.95 bits per heavy atom. The van der Waals surface area contributed by atoms with Gasteiger partial charge in [-0.15, -0.1) is 0 Å². The van der Waals surface area contributed by atoms with Crippen LogP contribution in [0, 0.1) is 6.92 Å². The van der Waals surface area contributed by atoms with Crippen LogP contribution in [0.5, 0.6) is 0 Å². The van der Waals surface area contributed by atoms with Crippen LogP contribution in [0.2, 0.25) is 0 Å². The molecule has 0 amide bonds. The minimum absolute atomic E-state index is 0.217. The smallest absolute Gasteiger partial charge is 0.260 e. The normalized spacial score (nSPS) is 30.0. The molecule has 1 aliphatic heterocycles. The average molecular weight is 275 g/mol. The number of fused-ring (bicyclic) bond motifs is 1. The quantitative estimate of drug-likeness (QED) is 0.813. The van der Waals surface area contributed by atoms with E-state index < -0.39 is 24.5 Å². The zero-order valence-corrected chi connectivity index (χ0v) is 11.4. The number of aliphatic hydroxyl groups is 2. The minimum atomic E-state index is -1.11. The van der Waals surface area contributed by atoms with Gasteiger partial charge in [-0.2, -0.15) is 0 Å². The fourth-order valence-electron chi connectivity index (χ4n) is 2.74. The molecule has 2 N–H and O–H groups in total. The summed E-state index contributed by atoms with van der Waals surface area (Å²) in [5.74, 6) is 0. The van der Waals surface area contributed by atoms with Gasteiger partial charge in [-0.05, 0) is 30.9 Å². The summed E-state index contributed by atoms with van der Waals surface area (Å²) in [6.45, 7) is 3.54.